The molecule has 1 aliphatic heterocycles. The fourth-order valence-corrected chi connectivity index (χ4v) is 2.76. The first-order valence-electron chi connectivity index (χ1n) is 6.29. The Balaban J connectivity index is 1.86. The molecule has 15 heavy (non-hydrogen) atoms. The second-order valence-electron chi connectivity index (χ2n) is 5.08. The summed E-state index contributed by atoms with van der Waals surface area (Å²) < 4.78 is 0. The van der Waals surface area contributed by atoms with Crippen molar-refractivity contribution in [2.75, 3.05) is 13.1 Å². The normalized spacial score (nSPS) is 29.5. The van der Waals surface area contributed by atoms with Crippen molar-refractivity contribution in [3.63, 3.8) is 0 Å². The average Bonchev–Trinajstić information content (AvgIpc) is 2.67. The van der Waals surface area contributed by atoms with Gasteiger partial charge in [-0.15, -0.1) is 0 Å². The quantitative estimate of drug-likeness (QED) is 0.751. The summed E-state index contributed by atoms with van der Waals surface area (Å²) in [6, 6.07) is 0.238. The van der Waals surface area contributed by atoms with Gasteiger partial charge in [-0.3, -0.25) is 4.79 Å². The highest BCUT2D eigenvalue weighted by Gasteiger charge is 2.24. The summed E-state index contributed by atoms with van der Waals surface area (Å²) in [6.45, 7) is 1.88. The third-order valence-corrected chi connectivity index (χ3v) is 3.80. The van der Waals surface area contributed by atoms with Gasteiger partial charge in [-0.1, -0.05) is 12.8 Å². The largest absolute Gasteiger partial charge is 0.342 e. The predicted molar refractivity (Wildman–Crippen MR) is 60.4 cm³/mol. The van der Waals surface area contributed by atoms with Gasteiger partial charge in [0.25, 0.3) is 0 Å². The molecule has 0 spiro atoms. The number of nitrogens with two attached hydrogens (primary N) is 1. The predicted octanol–water partition coefficient (Wildman–Crippen LogP) is 1.52. The SMILES string of the molecule is NC1CCC(=O)N(CC2CCCC2)CC1. The van der Waals surface area contributed by atoms with Crippen LogP contribution in [0.1, 0.15) is 44.9 Å². The first kappa shape index (κ1) is 10.9. The van der Waals surface area contributed by atoms with E-state index in [1.54, 1.807) is 0 Å². The topological polar surface area (TPSA) is 46.3 Å². The van der Waals surface area contributed by atoms with Crippen LogP contribution in [0.5, 0.6) is 0 Å². The van der Waals surface area contributed by atoms with Gasteiger partial charge < -0.3 is 10.6 Å². The van der Waals surface area contributed by atoms with Crippen LogP contribution in [0.2, 0.25) is 0 Å². The Morgan fingerprint density at radius 1 is 1.20 bits per heavy atom. The molecule has 3 nitrogen and oxygen atoms in total. The number of carbonyl (C=O) groups excluding carboxylic acids is 1. The molecule has 1 atom stereocenters. The molecule has 2 fully saturated rings. The molecule has 0 aromatic heterocycles. The molecule has 86 valence electrons. The smallest absolute Gasteiger partial charge is 0.222 e. The molecule has 1 aliphatic carbocycles. The maximum Gasteiger partial charge on any atom is 0.222 e. The fourth-order valence-electron chi connectivity index (χ4n) is 2.76. The standard InChI is InChI=1S/C12H22N2O/c13-11-5-6-12(15)14(8-7-11)9-10-3-1-2-4-10/h10-11H,1-9,13H2. The van der Waals surface area contributed by atoms with Crippen LogP contribution in [0.3, 0.4) is 0 Å². The van der Waals surface area contributed by atoms with E-state index in [1.807, 2.05) is 0 Å². The Hall–Kier alpha value is -0.570. The van der Waals surface area contributed by atoms with Crippen LogP contribution >= 0.6 is 0 Å². The van der Waals surface area contributed by atoms with E-state index in [9.17, 15) is 4.79 Å². The van der Waals surface area contributed by atoms with Gasteiger partial charge in [0.2, 0.25) is 5.91 Å². The molecule has 0 aromatic carbocycles. The molecule has 0 aromatic rings. The molecule has 1 unspecified atom stereocenters. The lowest BCUT2D eigenvalue weighted by molar-refractivity contribution is -0.131. The summed E-state index contributed by atoms with van der Waals surface area (Å²) in [5.41, 5.74) is 5.89. The van der Waals surface area contributed by atoms with Crippen molar-refractivity contribution in [1.82, 2.24) is 4.90 Å². The van der Waals surface area contributed by atoms with Crippen molar-refractivity contribution in [2.24, 2.45) is 11.7 Å². The highest BCUT2D eigenvalue weighted by Crippen LogP contribution is 2.26. The first-order chi connectivity index (χ1) is 7.25. The molecule has 3 heteroatoms. The Morgan fingerprint density at radius 3 is 2.67 bits per heavy atom. The minimum absolute atomic E-state index is 0.238. The van der Waals surface area contributed by atoms with Crippen LogP contribution in [-0.4, -0.2) is 29.9 Å². The minimum Gasteiger partial charge on any atom is -0.342 e. The molecular formula is C12H22N2O. The molecule has 0 radical (unpaired) electrons. The van der Waals surface area contributed by atoms with E-state index in [0.29, 0.717) is 12.3 Å². The second-order valence-corrected chi connectivity index (χ2v) is 5.08. The second kappa shape index (κ2) is 4.97. The lowest BCUT2D eigenvalue weighted by atomic mass is 10.1. The van der Waals surface area contributed by atoms with E-state index in [0.717, 1.165) is 31.8 Å². The molecule has 0 bridgehead atoms. The monoisotopic (exact) mass is 210 g/mol. The molecule has 2 aliphatic rings. The number of hydrogen-bond acceptors (Lipinski definition) is 2. The molecule has 2 N–H and O–H groups in total. The summed E-state index contributed by atoms with van der Waals surface area (Å²) in [7, 11) is 0. The van der Waals surface area contributed by atoms with Gasteiger partial charge in [-0.2, -0.15) is 0 Å². The van der Waals surface area contributed by atoms with E-state index >= 15 is 0 Å². The molecule has 2 rings (SSSR count). The van der Waals surface area contributed by atoms with Crippen molar-refractivity contribution in [2.45, 2.75) is 51.0 Å². The molecule has 1 saturated heterocycles. The Morgan fingerprint density at radius 2 is 1.93 bits per heavy atom. The van der Waals surface area contributed by atoms with Crippen LogP contribution in [0.4, 0.5) is 0 Å². The first-order valence-corrected chi connectivity index (χ1v) is 6.29. The molecule has 1 saturated carbocycles. The Bertz CT molecular complexity index is 224. The maximum atomic E-state index is 11.8. The zero-order chi connectivity index (χ0) is 10.7. The molecule has 1 heterocycles. The van der Waals surface area contributed by atoms with E-state index in [4.69, 9.17) is 5.73 Å². The van der Waals surface area contributed by atoms with Crippen molar-refractivity contribution in [3.8, 4) is 0 Å². The van der Waals surface area contributed by atoms with E-state index in [-0.39, 0.29) is 6.04 Å². The third-order valence-electron chi connectivity index (χ3n) is 3.80. The third kappa shape index (κ3) is 2.94. The number of likely N-dealkylation sites (tertiary alicyclic amines) is 1. The van der Waals surface area contributed by atoms with Crippen LogP contribution < -0.4 is 5.73 Å². The van der Waals surface area contributed by atoms with Gasteiger partial charge >= 0.3 is 0 Å². The summed E-state index contributed by atoms with van der Waals surface area (Å²) in [4.78, 5) is 13.9. The van der Waals surface area contributed by atoms with E-state index in [1.165, 1.54) is 25.7 Å². The van der Waals surface area contributed by atoms with E-state index in [2.05, 4.69) is 4.90 Å². The van der Waals surface area contributed by atoms with Crippen molar-refractivity contribution in [1.29, 1.82) is 0 Å². The zero-order valence-electron chi connectivity index (χ0n) is 9.45. The van der Waals surface area contributed by atoms with Crippen molar-refractivity contribution in [3.05, 3.63) is 0 Å². The number of rotatable bonds is 2. The van der Waals surface area contributed by atoms with Crippen molar-refractivity contribution >= 4 is 5.91 Å². The van der Waals surface area contributed by atoms with Crippen LogP contribution in [0.15, 0.2) is 0 Å². The van der Waals surface area contributed by atoms with Gasteiger partial charge in [-0.05, 0) is 31.6 Å². The Labute approximate surface area is 92.0 Å². The summed E-state index contributed by atoms with van der Waals surface area (Å²) in [5.74, 6) is 1.10. The number of amides is 1. The Kier molecular flexibility index (Phi) is 3.62. The summed E-state index contributed by atoms with van der Waals surface area (Å²) >= 11 is 0. The number of hydrogen-bond donors (Lipinski definition) is 1. The summed E-state index contributed by atoms with van der Waals surface area (Å²) in [6.07, 6.45) is 7.86. The number of nitrogens with zero attached hydrogens (tertiary/aromatic N) is 1. The lowest BCUT2D eigenvalue weighted by Crippen LogP contribution is -2.34. The van der Waals surface area contributed by atoms with Crippen LogP contribution in [0, 0.1) is 5.92 Å². The van der Waals surface area contributed by atoms with Gasteiger partial charge in [0, 0.05) is 25.6 Å². The van der Waals surface area contributed by atoms with Crippen LogP contribution in [-0.2, 0) is 4.79 Å². The van der Waals surface area contributed by atoms with Crippen LogP contribution in [0.25, 0.3) is 0 Å². The van der Waals surface area contributed by atoms with Gasteiger partial charge in [-0.25, -0.2) is 0 Å². The maximum absolute atomic E-state index is 11.8. The summed E-state index contributed by atoms with van der Waals surface area (Å²) in [5, 5.41) is 0. The van der Waals surface area contributed by atoms with Gasteiger partial charge in [0.1, 0.15) is 0 Å². The lowest BCUT2D eigenvalue weighted by Gasteiger charge is -2.24. The van der Waals surface area contributed by atoms with Gasteiger partial charge in [0.05, 0.1) is 0 Å². The van der Waals surface area contributed by atoms with E-state index < -0.39 is 0 Å². The highest BCUT2D eigenvalue weighted by atomic mass is 16.2. The fraction of sp³-hybridized carbons (Fsp3) is 0.917. The minimum atomic E-state index is 0.238. The van der Waals surface area contributed by atoms with Gasteiger partial charge in [0.15, 0.2) is 0 Å². The zero-order valence-corrected chi connectivity index (χ0v) is 9.45. The molecule has 1 amide bonds. The van der Waals surface area contributed by atoms with Crippen molar-refractivity contribution < 1.29 is 4.79 Å². The molecular weight excluding hydrogens is 188 g/mol. The average molecular weight is 210 g/mol. The highest BCUT2D eigenvalue weighted by molar-refractivity contribution is 5.76. The number of carbonyl (C=O) groups is 1.